The number of aryl methyl sites for hydroxylation is 1. The molecule has 0 aromatic carbocycles. The van der Waals surface area contributed by atoms with Crippen molar-refractivity contribution in [3.05, 3.63) is 21.9 Å². The van der Waals surface area contributed by atoms with E-state index in [9.17, 15) is 4.79 Å². The molecule has 1 rings (SSSR count). The molecular weight excluding hydrogens is 220 g/mol. The summed E-state index contributed by atoms with van der Waals surface area (Å²) in [4.78, 5) is 14.1. The number of carbonyl (C=O) groups excluding carboxylic acids is 1. The highest BCUT2D eigenvalue weighted by molar-refractivity contribution is 7.11. The smallest absolute Gasteiger partial charge is 0.237 e. The Balaban J connectivity index is 2.35. The summed E-state index contributed by atoms with van der Waals surface area (Å²) >= 11 is 1.70. The Kier molecular flexibility index (Phi) is 4.96. The standard InChI is InChI=1S/C12H20N2OS/c1-8(2)6-11(13)12(15)14-7-10-5-4-9(3)16-10/h4-5,8,11H,6-7,13H2,1-3H3,(H,14,15)/t11-/m0/s1. The molecule has 4 heteroatoms. The van der Waals surface area contributed by atoms with Crippen molar-refractivity contribution in [2.24, 2.45) is 11.7 Å². The van der Waals surface area contributed by atoms with Crippen molar-refractivity contribution in [2.75, 3.05) is 0 Å². The van der Waals surface area contributed by atoms with Gasteiger partial charge in [-0.2, -0.15) is 0 Å². The molecule has 3 N–H and O–H groups in total. The minimum Gasteiger partial charge on any atom is -0.350 e. The maximum atomic E-state index is 11.6. The van der Waals surface area contributed by atoms with E-state index in [-0.39, 0.29) is 11.9 Å². The minimum atomic E-state index is -0.388. The Bertz CT molecular complexity index is 347. The molecule has 0 fully saturated rings. The number of carbonyl (C=O) groups is 1. The highest BCUT2D eigenvalue weighted by atomic mass is 32.1. The zero-order valence-corrected chi connectivity index (χ0v) is 10.9. The van der Waals surface area contributed by atoms with Crippen LogP contribution in [0.4, 0.5) is 0 Å². The quantitative estimate of drug-likeness (QED) is 0.827. The first-order valence-electron chi connectivity index (χ1n) is 5.57. The zero-order valence-electron chi connectivity index (χ0n) is 10.1. The molecule has 1 amide bonds. The summed E-state index contributed by atoms with van der Waals surface area (Å²) in [6, 6.07) is 3.70. The lowest BCUT2D eigenvalue weighted by Gasteiger charge is -2.13. The number of hydrogen-bond donors (Lipinski definition) is 2. The number of nitrogens with one attached hydrogen (secondary N) is 1. The highest BCUT2D eigenvalue weighted by Crippen LogP contribution is 2.14. The van der Waals surface area contributed by atoms with Gasteiger partial charge in [-0.25, -0.2) is 0 Å². The number of rotatable bonds is 5. The van der Waals surface area contributed by atoms with Gasteiger partial charge in [-0.05, 0) is 31.4 Å². The van der Waals surface area contributed by atoms with Gasteiger partial charge in [0, 0.05) is 9.75 Å². The summed E-state index contributed by atoms with van der Waals surface area (Å²) in [5.74, 6) is 0.393. The van der Waals surface area contributed by atoms with Gasteiger partial charge in [0.1, 0.15) is 0 Å². The monoisotopic (exact) mass is 240 g/mol. The van der Waals surface area contributed by atoms with E-state index in [2.05, 4.69) is 32.2 Å². The molecule has 90 valence electrons. The summed E-state index contributed by atoms with van der Waals surface area (Å²) in [6.45, 7) is 6.77. The first kappa shape index (κ1) is 13.2. The second kappa shape index (κ2) is 6.01. The van der Waals surface area contributed by atoms with Crippen LogP contribution in [0.1, 0.15) is 30.0 Å². The Morgan fingerprint density at radius 1 is 1.50 bits per heavy atom. The van der Waals surface area contributed by atoms with Gasteiger partial charge in [-0.3, -0.25) is 4.79 Å². The largest absolute Gasteiger partial charge is 0.350 e. The van der Waals surface area contributed by atoms with Crippen molar-refractivity contribution >= 4 is 17.2 Å². The van der Waals surface area contributed by atoms with Gasteiger partial charge in [-0.1, -0.05) is 13.8 Å². The topological polar surface area (TPSA) is 55.1 Å². The number of nitrogens with two attached hydrogens (primary N) is 1. The van der Waals surface area contributed by atoms with E-state index in [1.807, 2.05) is 6.07 Å². The van der Waals surface area contributed by atoms with E-state index < -0.39 is 0 Å². The second-order valence-electron chi connectivity index (χ2n) is 4.47. The Morgan fingerprint density at radius 3 is 2.69 bits per heavy atom. The molecule has 0 aliphatic carbocycles. The van der Waals surface area contributed by atoms with Crippen molar-refractivity contribution in [2.45, 2.75) is 39.8 Å². The summed E-state index contributed by atoms with van der Waals surface area (Å²) in [6.07, 6.45) is 0.731. The molecule has 1 heterocycles. The van der Waals surface area contributed by atoms with Crippen LogP contribution in [0.3, 0.4) is 0 Å². The van der Waals surface area contributed by atoms with Crippen molar-refractivity contribution in [3.63, 3.8) is 0 Å². The van der Waals surface area contributed by atoms with E-state index in [4.69, 9.17) is 5.73 Å². The van der Waals surface area contributed by atoms with Crippen LogP contribution in [0.25, 0.3) is 0 Å². The van der Waals surface area contributed by atoms with Crippen LogP contribution in [0.2, 0.25) is 0 Å². The molecule has 0 saturated heterocycles. The van der Waals surface area contributed by atoms with E-state index in [0.717, 1.165) is 6.42 Å². The van der Waals surface area contributed by atoms with Crippen molar-refractivity contribution < 1.29 is 4.79 Å². The van der Waals surface area contributed by atoms with Gasteiger partial charge in [-0.15, -0.1) is 11.3 Å². The molecule has 1 aromatic heterocycles. The predicted octanol–water partition coefficient (Wildman–Crippen LogP) is 2.05. The molecule has 0 spiro atoms. The minimum absolute atomic E-state index is 0.0558. The van der Waals surface area contributed by atoms with E-state index in [1.54, 1.807) is 11.3 Å². The second-order valence-corrected chi connectivity index (χ2v) is 5.84. The Morgan fingerprint density at radius 2 is 2.19 bits per heavy atom. The van der Waals surface area contributed by atoms with Gasteiger partial charge < -0.3 is 11.1 Å². The zero-order chi connectivity index (χ0) is 12.1. The van der Waals surface area contributed by atoms with Crippen molar-refractivity contribution in [3.8, 4) is 0 Å². The lowest BCUT2D eigenvalue weighted by Crippen LogP contribution is -2.40. The van der Waals surface area contributed by atoms with Crippen LogP contribution in [0.15, 0.2) is 12.1 Å². The third kappa shape index (κ3) is 4.33. The number of thiophene rings is 1. The summed E-state index contributed by atoms with van der Waals surface area (Å²) in [5.41, 5.74) is 5.78. The van der Waals surface area contributed by atoms with Crippen LogP contribution in [0.5, 0.6) is 0 Å². The Labute approximate surface area is 101 Å². The third-order valence-electron chi connectivity index (χ3n) is 2.29. The van der Waals surface area contributed by atoms with Gasteiger partial charge in [0.2, 0.25) is 5.91 Å². The molecule has 0 unspecified atom stereocenters. The predicted molar refractivity (Wildman–Crippen MR) is 68.3 cm³/mol. The number of hydrogen-bond acceptors (Lipinski definition) is 3. The molecular formula is C12H20N2OS. The van der Waals surface area contributed by atoms with Crippen LogP contribution < -0.4 is 11.1 Å². The molecule has 16 heavy (non-hydrogen) atoms. The normalized spacial score (nSPS) is 12.8. The van der Waals surface area contributed by atoms with Gasteiger partial charge in [0.15, 0.2) is 0 Å². The van der Waals surface area contributed by atoms with Crippen LogP contribution >= 0.6 is 11.3 Å². The molecule has 3 nitrogen and oxygen atoms in total. The van der Waals surface area contributed by atoms with Crippen LogP contribution in [-0.2, 0) is 11.3 Å². The van der Waals surface area contributed by atoms with E-state index in [0.29, 0.717) is 12.5 Å². The first-order chi connectivity index (χ1) is 7.49. The van der Waals surface area contributed by atoms with Crippen LogP contribution in [0, 0.1) is 12.8 Å². The van der Waals surface area contributed by atoms with Crippen LogP contribution in [-0.4, -0.2) is 11.9 Å². The van der Waals surface area contributed by atoms with E-state index >= 15 is 0 Å². The fraction of sp³-hybridized carbons (Fsp3) is 0.583. The fourth-order valence-corrected chi connectivity index (χ4v) is 2.33. The Hall–Kier alpha value is -0.870. The molecule has 1 aromatic rings. The summed E-state index contributed by atoms with van der Waals surface area (Å²) < 4.78 is 0. The molecule has 0 radical (unpaired) electrons. The maximum Gasteiger partial charge on any atom is 0.237 e. The highest BCUT2D eigenvalue weighted by Gasteiger charge is 2.14. The van der Waals surface area contributed by atoms with Gasteiger partial charge >= 0.3 is 0 Å². The lowest BCUT2D eigenvalue weighted by atomic mass is 10.0. The lowest BCUT2D eigenvalue weighted by molar-refractivity contribution is -0.122. The average Bonchev–Trinajstić information content (AvgIpc) is 2.59. The molecule has 0 saturated carbocycles. The van der Waals surface area contributed by atoms with Crippen molar-refractivity contribution in [1.82, 2.24) is 5.32 Å². The van der Waals surface area contributed by atoms with Gasteiger partial charge in [0.05, 0.1) is 12.6 Å². The summed E-state index contributed by atoms with van der Waals surface area (Å²) in [7, 11) is 0. The molecule has 0 aliphatic heterocycles. The SMILES string of the molecule is Cc1ccc(CNC(=O)[C@@H](N)CC(C)C)s1. The maximum absolute atomic E-state index is 11.6. The molecule has 0 aliphatic rings. The van der Waals surface area contributed by atoms with Crippen molar-refractivity contribution in [1.29, 1.82) is 0 Å². The fourth-order valence-electron chi connectivity index (χ4n) is 1.50. The molecule has 1 atom stereocenters. The van der Waals surface area contributed by atoms with Gasteiger partial charge in [0.25, 0.3) is 0 Å². The third-order valence-corrected chi connectivity index (χ3v) is 3.30. The number of amides is 1. The summed E-state index contributed by atoms with van der Waals surface area (Å²) in [5, 5.41) is 2.86. The van der Waals surface area contributed by atoms with E-state index in [1.165, 1.54) is 9.75 Å². The molecule has 0 bridgehead atoms. The average molecular weight is 240 g/mol. The first-order valence-corrected chi connectivity index (χ1v) is 6.39.